The van der Waals surface area contributed by atoms with E-state index in [4.69, 9.17) is 0 Å². The zero-order valence-corrected chi connectivity index (χ0v) is 14.4. The van der Waals surface area contributed by atoms with E-state index in [1.54, 1.807) is 28.0 Å². The lowest BCUT2D eigenvalue weighted by atomic mass is 10.3. The van der Waals surface area contributed by atoms with Crippen molar-refractivity contribution in [1.29, 1.82) is 0 Å². The first kappa shape index (κ1) is 16.0. The molecule has 23 heavy (non-hydrogen) atoms. The number of amides is 2. The Morgan fingerprint density at radius 3 is 2.78 bits per heavy atom. The van der Waals surface area contributed by atoms with Crippen LogP contribution in [0.25, 0.3) is 0 Å². The molecule has 2 heterocycles. The van der Waals surface area contributed by atoms with Crippen molar-refractivity contribution in [2.24, 2.45) is 0 Å². The molecule has 1 fully saturated rings. The molecule has 1 N–H and O–H groups in total. The molecule has 0 unspecified atom stereocenters. The molecule has 0 aliphatic carbocycles. The van der Waals surface area contributed by atoms with Crippen LogP contribution < -0.4 is 5.32 Å². The minimum Gasteiger partial charge on any atom is -0.333 e. The first-order chi connectivity index (χ1) is 11.1. The molecule has 0 radical (unpaired) electrons. The summed E-state index contributed by atoms with van der Waals surface area (Å²) in [6.45, 7) is 2.78. The van der Waals surface area contributed by atoms with Gasteiger partial charge in [0.05, 0.1) is 6.54 Å². The van der Waals surface area contributed by atoms with Gasteiger partial charge in [-0.05, 0) is 37.6 Å². The van der Waals surface area contributed by atoms with E-state index in [1.165, 1.54) is 0 Å². The van der Waals surface area contributed by atoms with Crippen LogP contribution in [0.5, 0.6) is 0 Å². The molecule has 1 aromatic heterocycles. The van der Waals surface area contributed by atoms with Gasteiger partial charge in [-0.15, -0.1) is 11.3 Å². The van der Waals surface area contributed by atoms with Crippen LogP contribution in [-0.2, 0) is 9.59 Å². The van der Waals surface area contributed by atoms with Crippen LogP contribution in [0.3, 0.4) is 0 Å². The fraction of sp³-hybridized carbons (Fsp3) is 0.312. The fourth-order valence-electron chi connectivity index (χ4n) is 2.33. The second-order valence-corrected chi connectivity index (χ2v) is 7.53. The first-order valence-corrected chi connectivity index (χ1v) is 9.07. The first-order valence-electron chi connectivity index (χ1n) is 7.38. The zero-order chi connectivity index (χ0) is 16.2. The molecule has 2 amide bonds. The number of carbonyl (C=O) groups excluding carboxylic acids is 2. The zero-order valence-electron chi connectivity index (χ0n) is 12.7. The Hall–Kier alpha value is -1.86. The summed E-state index contributed by atoms with van der Waals surface area (Å²) in [5.74, 6) is -0.0955. The van der Waals surface area contributed by atoms with E-state index in [1.807, 2.05) is 36.6 Å². The molecule has 0 bridgehead atoms. The number of anilines is 1. The summed E-state index contributed by atoms with van der Waals surface area (Å²) in [5, 5.41) is 4.85. The van der Waals surface area contributed by atoms with Crippen LogP contribution >= 0.6 is 23.1 Å². The lowest BCUT2D eigenvalue weighted by Gasteiger charge is -2.15. The molecule has 2 aromatic rings. The van der Waals surface area contributed by atoms with Gasteiger partial charge in [-0.2, -0.15) is 0 Å². The Labute approximate surface area is 143 Å². The molecule has 3 rings (SSSR count). The molecule has 1 saturated heterocycles. The summed E-state index contributed by atoms with van der Waals surface area (Å²) < 4.78 is 1.01. The summed E-state index contributed by atoms with van der Waals surface area (Å²) in [5.41, 5.74) is 1.76. The van der Waals surface area contributed by atoms with Crippen LogP contribution in [0.4, 0.5) is 5.69 Å². The van der Waals surface area contributed by atoms with Gasteiger partial charge in [-0.1, -0.05) is 11.8 Å². The molecule has 1 aliphatic heterocycles. The smallest absolute Gasteiger partial charge is 0.243 e. The van der Waals surface area contributed by atoms with Crippen molar-refractivity contribution in [1.82, 2.24) is 9.88 Å². The van der Waals surface area contributed by atoms with Crippen LogP contribution in [0.1, 0.15) is 18.5 Å². The van der Waals surface area contributed by atoms with E-state index in [0.29, 0.717) is 13.0 Å². The van der Waals surface area contributed by atoms with Gasteiger partial charge in [0.15, 0.2) is 4.34 Å². The van der Waals surface area contributed by atoms with Crippen LogP contribution in [0.15, 0.2) is 38.9 Å². The molecule has 0 atom stereocenters. The van der Waals surface area contributed by atoms with Gasteiger partial charge in [0, 0.05) is 34.6 Å². The Bertz CT molecular complexity index is 712. The predicted molar refractivity (Wildman–Crippen MR) is 91.9 cm³/mol. The van der Waals surface area contributed by atoms with Gasteiger partial charge in [-0.3, -0.25) is 9.59 Å². The van der Waals surface area contributed by atoms with Crippen LogP contribution in [-0.4, -0.2) is 34.8 Å². The number of aryl methyl sites for hydroxylation is 1. The third kappa shape index (κ3) is 4.33. The minimum atomic E-state index is -0.156. The van der Waals surface area contributed by atoms with E-state index in [-0.39, 0.29) is 18.4 Å². The quantitative estimate of drug-likeness (QED) is 0.902. The summed E-state index contributed by atoms with van der Waals surface area (Å²) in [6, 6.07) is 7.65. The number of nitrogens with zero attached hydrogens (tertiary/aromatic N) is 2. The highest BCUT2D eigenvalue weighted by Crippen LogP contribution is 2.30. The molecule has 7 heteroatoms. The van der Waals surface area contributed by atoms with E-state index < -0.39 is 0 Å². The third-order valence-corrected chi connectivity index (χ3v) is 5.51. The summed E-state index contributed by atoms with van der Waals surface area (Å²) in [7, 11) is 0. The van der Waals surface area contributed by atoms with Crippen molar-refractivity contribution in [2.75, 3.05) is 18.4 Å². The highest BCUT2D eigenvalue weighted by molar-refractivity contribution is 8.01. The lowest BCUT2D eigenvalue weighted by Crippen LogP contribution is -2.33. The highest BCUT2D eigenvalue weighted by atomic mass is 32.2. The molecule has 1 aromatic carbocycles. The molecule has 120 valence electrons. The number of likely N-dealkylation sites (tertiary alicyclic amines) is 1. The van der Waals surface area contributed by atoms with E-state index in [9.17, 15) is 9.59 Å². The van der Waals surface area contributed by atoms with Crippen LogP contribution in [0.2, 0.25) is 0 Å². The number of rotatable bonds is 5. The third-order valence-electron chi connectivity index (χ3n) is 3.45. The normalized spacial score (nSPS) is 14.3. The predicted octanol–water partition coefficient (Wildman–Crippen LogP) is 3.16. The van der Waals surface area contributed by atoms with Crippen molar-refractivity contribution in [2.45, 2.75) is 29.0 Å². The fourth-order valence-corrected chi connectivity index (χ4v) is 4.14. The van der Waals surface area contributed by atoms with Gasteiger partial charge in [-0.25, -0.2) is 4.98 Å². The maximum Gasteiger partial charge on any atom is 0.243 e. The monoisotopic (exact) mass is 347 g/mol. The van der Waals surface area contributed by atoms with Crippen molar-refractivity contribution in [3.05, 3.63) is 35.3 Å². The maximum atomic E-state index is 12.0. The van der Waals surface area contributed by atoms with E-state index in [0.717, 1.165) is 27.0 Å². The van der Waals surface area contributed by atoms with Gasteiger partial charge in [0.25, 0.3) is 0 Å². The van der Waals surface area contributed by atoms with Gasteiger partial charge >= 0.3 is 0 Å². The number of nitrogens with one attached hydrogen (secondary N) is 1. The van der Waals surface area contributed by atoms with Crippen molar-refractivity contribution in [3.63, 3.8) is 0 Å². The molecule has 5 nitrogen and oxygen atoms in total. The molecule has 1 aliphatic rings. The number of aromatic nitrogens is 1. The average molecular weight is 347 g/mol. The van der Waals surface area contributed by atoms with Crippen molar-refractivity contribution in [3.8, 4) is 0 Å². The second kappa shape index (κ2) is 7.14. The van der Waals surface area contributed by atoms with E-state index >= 15 is 0 Å². The lowest BCUT2D eigenvalue weighted by molar-refractivity contribution is -0.131. The maximum absolute atomic E-state index is 12.0. The van der Waals surface area contributed by atoms with Gasteiger partial charge < -0.3 is 10.2 Å². The number of benzene rings is 1. The Balaban J connectivity index is 1.54. The average Bonchev–Trinajstić information content (AvgIpc) is 3.10. The molecule has 0 spiro atoms. The Kier molecular flexibility index (Phi) is 4.97. The van der Waals surface area contributed by atoms with Crippen molar-refractivity contribution >= 4 is 40.6 Å². The largest absolute Gasteiger partial charge is 0.333 e. The van der Waals surface area contributed by atoms with Crippen LogP contribution in [0, 0.1) is 6.92 Å². The van der Waals surface area contributed by atoms with E-state index in [2.05, 4.69) is 10.3 Å². The molecular weight excluding hydrogens is 330 g/mol. The Morgan fingerprint density at radius 2 is 2.17 bits per heavy atom. The standard InChI is InChI=1S/C16H17N3O2S2/c1-11-10-22-16(17-11)23-13-6-4-12(5-7-13)18-14(20)9-19-8-2-3-15(19)21/h4-7,10H,2-3,8-9H2,1H3,(H,18,20). The molecular formula is C16H17N3O2S2. The van der Waals surface area contributed by atoms with Gasteiger partial charge in [0.2, 0.25) is 11.8 Å². The Morgan fingerprint density at radius 1 is 1.39 bits per heavy atom. The molecule has 0 saturated carbocycles. The summed E-state index contributed by atoms with van der Waals surface area (Å²) in [4.78, 5) is 30.6. The topological polar surface area (TPSA) is 62.3 Å². The number of thiazole rings is 1. The summed E-state index contributed by atoms with van der Waals surface area (Å²) in [6.07, 6.45) is 1.39. The number of hydrogen-bond donors (Lipinski definition) is 1. The SMILES string of the molecule is Cc1csc(Sc2ccc(NC(=O)CN3CCCC3=O)cc2)n1. The van der Waals surface area contributed by atoms with Crippen molar-refractivity contribution < 1.29 is 9.59 Å². The highest BCUT2D eigenvalue weighted by Gasteiger charge is 2.22. The second-order valence-electron chi connectivity index (χ2n) is 5.35. The van der Waals surface area contributed by atoms with Gasteiger partial charge in [0.1, 0.15) is 0 Å². The number of carbonyl (C=O) groups is 2. The minimum absolute atomic E-state index is 0.0608. The number of hydrogen-bond acceptors (Lipinski definition) is 5. The summed E-state index contributed by atoms with van der Waals surface area (Å²) >= 11 is 3.23.